The van der Waals surface area contributed by atoms with Crippen molar-refractivity contribution in [3.8, 4) is 0 Å². The highest BCUT2D eigenvalue weighted by Crippen LogP contribution is 2.16. The van der Waals surface area contributed by atoms with Crippen LogP contribution in [0, 0.1) is 12.7 Å². The molecule has 4 heteroatoms. The van der Waals surface area contributed by atoms with Gasteiger partial charge in [0.15, 0.2) is 0 Å². The number of aryl methyl sites for hydroxylation is 2. The topological polar surface area (TPSA) is 29.9 Å². The molecule has 1 N–H and O–H groups in total. The second kappa shape index (κ2) is 5.97. The lowest BCUT2D eigenvalue weighted by molar-refractivity contribution is 0.556. The molecule has 0 bridgehead atoms. The molecule has 2 rings (SSSR count). The molecule has 0 saturated heterocycles. The molecule has 0 aliphatic rings. The summed E-state index contributed by atoms with van der Waals surface area (Å²) in [5.74, 6) is 0.907. The summed E-state index contributed by atoms with van der Waals surface area (Å²) in [5.41, 5.74) is 1.66. The number of halogens is 1. The molecule has 2 aromatic rings. The molecule has 0 fully saturated rings. The standard InChI is InChI=1S/C15H20FN3/c1-11-4-5-13(10-14(11)16)12(2)17-7-6-15-18-8-9-19(15)3/h4-5,8-10,12,17H,6-7H2,1-3H3. The van der Waals surface area contributed by atoms with Gasteiger partial charge in [-0.25, -0.2) is 9.37 Å². The van der Waals surface area contributed by atoms with Crippen molar-refractivity contribution in [3.05, 3.63) is 53.4 Å². The monoisotopic (exact) mass is 261 g/mol. The highest BCUT2D eigenvalue weighted by molar-refractivity contribution is 5.25. The Kier molecular flexibility index (Phi) is 4.32. The van der Waals surface area contributed by atoms with Gasteiger partial charge in [0.1, 0.15) is 11.6 Å². The number of hydrogen-bond donors (Lipinski definition) is 1. The lowest BCUT2D eigenvalue weighted by atomic mass is 10.1. The average molecular weight is 261 g/mol. The first-order valence-corrected chi connectivity index (χ1v) is 6.53. The van der Waals surface area contributed by atoms with Gasteiger partial charge in [-0.15, -0.1) is 0 Å². The largest absolute Gasteiger partial charge is 0.338 e. The molecular formula is C15H20FN3. The molecule has 1 heterocycles. The highest BCUT2D eigenvalue weighted by atomic mass is 19.1. The minimum absolute atomic E-state index is 0.135. The zero-order valence-electron chi connectivity index (χ0n) is 11.7. The van der Waals surface area contributed by atoms with E-state index in [0.717, 1.165) is 24.4 Å². The van der Waals surface area contributed by atoms with Crippen LogP contribution in [0.2, 0.25) is 0 Å². The molecule has 0 aliphatic carbocycles. The van der Waals surface area contributed by atoms with E-state index in [1.54, 1.807) is 19.2 Å². The Balaban J connectivity index is 1.89. The minimum Gasteiger partial charge on any atom is -0.338 e. The molecule has 1 atom stereocenters. The van der Waals surface area contributed by atoms with E-state index < -0.39 is 0 Å². The van der Waals surface area contributed by atoms with Crippen molar-refractivity contribution in [2.24, 2.45) is 7.05 Å². The summed E-state index contributed by atoms with van der Waals surface area (Å²) in [5, 5.41) is 3.39. The van der Waals surface area contributed by atoms with Crippen molar-refractivity contribution in [1.82, 2.24) is 14.9 Å². The van der Waals surface area contributed by atoms with Crippen LogP contribution in [0.4, 0.5) is 4.39 Å². The minimum atomic E-state index is -0.143. The summed E-state index contributed by atoms with van der Waals surface area (Å²) in [7, 11) is 1.99. The normalized spacial score (nSPS) is 12.6. The van der Waals surface area contributed by atoms with Crippen LogP contribution in [0.1, 0.15) is 29.9 Å². The number of nitrogens with zero attached hydrogens (tertiary/aromatic N) is 2. The Morgan fingerprint density at radius 2 is 2.21 bits per heavy atom. The van der Waals surface area contributed by atoms with Crippen LogP contribution in [0.15, 0.2) is 30.6 Å². The summed E-state index contributed by atoms with van der Waals surface area (Å²) >= 11 is 0. The molecule has 0 radical (unpaired) electrons. The van der Waals surface area contributed by atoms with Gasteiger partial charge in [0, 0.05) is 38.4 Å². The molecule has 0 amide bonds. The maximum Gasteiger partial charge on any atom is 0.126 e. The van der Waals surface area contributed by atoms with E-state index in [-0.39, 0.29) is 11.9 Å². The molecule has 1 aromatic heterocycles. The molecule has 3 nitrogen and oxygen atoms in total. The molecule has 0 aliphatic heterocycles. The van der Waals surface area contributed by atoms with Crippen LogP contribution in [0.5, 0.6) is 0 Å². The number of hydrogen-bond acceptors (Lipinski definition) is 2. The van der Waals surface area contributed by atoms with E-state index in [2.05, 4.69) is 10.3 Å². The first kappa shape index (κ1) is 13.7. The van der Waals surface area contributed by atoms with Crippen molar-refractivity contribution >= 4 is 0 Å². The number of benzene rings is 1. The quantitative estimate of drug-likeness (QED) is 0.897. The van der Waals surface area contributed by atoms with Gasteiger partial charge >= 0.3 is 0 Å². The van der Waals surface area contributed by atoms with Gasteiger partial charge < -0.3 is 9.88 Å². The van der Waals surface area contributed by atoms with E-state index in [1.165, 1.54) is 0 Å². The fourth-order valence-corrected chi connectivity index (χ4v) is 2.03. The van der Waals surface area contributed by atoms with Crippen LogP contribution in [-0.2, 0) is 13.5 Å². The van der Waals surface area contributed by atoms with Crippen LogP contribution >= 0.6 is 0 Å². The zero-order chi connectivity index (χ0) is 13.8. The highest BCUT2D eigenvalue weighted by Gasteiger charge is 2.07. The van der Waals surface area contributed by atoms with Crippen molar-refractivity contribution in [1.29, 1.82) is 0 Å². The first-order chi connectivity index (χ1) is 9.08. The van der Waals surface area contributed by atoms with Crippen molar-refractivity contribution in [3.63, 3.8) is 0 Å². The third kappa shape index (κ3) is 3.41. The Morgan fingerprint density at radius 1 is 1.42 bits per heavy atom. The Labute approximate surface area is 113 Å². The van der Waals surface area contributed by atoms with Crippen LogP contribution in [-0.4, -0.2) is 16.1 Å². The fourth-order valence-electron chi connectivity index (χ4n) is 2.03. The lowest BCUT2D eigenvalue weighted by Gasteiger charge is -2.14. The predicted octanol–water partition coefficient (Wildman–Crippen LogP) is 2.76. The summed E-state index contributed by atoms with van der Waals surface area (Å²) in [4.78, 5) is 4.27. The third-order valence-electron chi connectivity index (χ3n) is 3.42. The smallest absolute Gasteiger partial charge is 0.126 e. The Hall–Kier alpha value is -1.68. The number of nitrogens with one attached hydrogen (secondary N) is 1. The van der Waals surface area contributed by atoms with Crippen molar-refractivity contribution < 1.29 is 4.39 Å². The predicted molar refractivity (Wildman–Crippen MR) is 74.5 cm³/mol. The molecular weight excluding hydrogens is 241 g/mol. The molecule has 1 unspecified atom stereocenters. The summed E-state index contributed by atoms with van der Waals surface area (Å²) in [6, 6.07) is 5.53. The van der Waals surface area contributed by atoms with E-state index >= 15 is 0 Å². The molecule has 102 valence electrons. The van der Waals surface area contributed by atoms with Gasteiger partial charge in [-0.2, -0.15) is 0 Å². The maximum atomic E-state index is 13.5. The lowest BCUT2D eigenvalue weighted by Crippen LogP contribution is -2.22. The summed E-state index contributed by atoms with van der Waals surface area (Å²) < 4.78 is 15.5. The summed E-state index contributed by atoms with van der Waals surface area (Å²) in [6.45, 7) is 4.64. The SMILES string of the molecule is Cc1ccc(C(C)NCCc2nccn2C)cc1F. The Morgan fingerprint density at radius 3 is 2.84 bits per heavy atom. The Bertz CT molecular complexity index is 548. The van der Waals surface area contributed by atoms with Gasteiger partial charge in [-0.05, 0) is 31.0 Å². The fraction of sp³-hybridized carbons (Fsp3) is 0.400. The van der Waals surface area contributed by atoms with Crippen molar-refractivity contribution in [2.75, 3.05) is 6.54 Å². The summed E-state index contributed by atoms with van der Waals surface area (Å²) in [6.07, 6.45) is 4.60. The molecule has 19 heavy (non-hydrogen) atoms. The second-order valence-corrected chi connectivity index (χ2v) is 4.89. The zero-order valence-corrected chi connectivity index (χ0v) is 11.7. The van der Waals surface area contributed by atoms with Crippen LogP contribution < -0.4 is 5.32 Å². The van der Waals surface area contributed by atoms with E-state index in [9.17, 15) is 4.39 Å². The van der Waals surface area contributed by atoms with E-state index in [1.807, 2.05) is 36.9 Å². The maximum absolute atomic E-state index is 13.5. The van der Waals surface area contributed by atoms with Crippen LogP contribution in [0.25, 0.3) is 0 Å². The third-order valence-corrected chi connectivity index (χ3v) is 3.42. The van der Waals surface area contributed by atoms with Crippen LogP contribution in [0.3, 0.4) is 0 Å². The number of aromatic nitrogens is 2. The average Bonchev–Trinajstić information content (AvgIpc) is 2.78. The molecule has 1 aromatic carbocycles. The molecule has 0 spiro atoms. The van der Waals surface area contributed by atoms with Gasteiger partial charge in [0.05, 0.1) is 0 Å². The van der Waals surface area contributed by atoms with Gasteiger partial charge in [-0.3, -0.25) is 0 Å². The first-order valence-electron chi connectivity index (χ1n) is 6.53. The van der Waals surface area contributed by atoms with E-state index in [0.29, 0.717) is 5.56 Å². The number of rotatable bonds is 5. The van der Waals surface area contributed by atoms with Gasteiger partial charge in [0.25, 0.3) is 0 Å². The second-order valence-electron chi connectivity index (χ2n) is 4.89. The van der Waals surface area contributed by atoms with Crippen molar-refractivity contribution in [2.45, 2.75) is 26.3 Å². The number of imidazole rings is 1. The van der Waals surface area contributed by atoms with Gasteiger partial charge in [0.2, 0.25) is 0 Å². The molecule has 0 saturated carbocycles. The van der Waals surface area contributed by atoms with E-state index in [4.69, 9.17) is 0 Å². The van der Waals surface area contributed by atoms with Gasteiger partial charge in [-0.1, -0.05) is 12.1 Å².